The van der Waals surface area contributed by atoms with Gasteiger partial charge in [0.25, 0.3) is 5.56 Å². The maximum absolute atomic E-state index is 13.8. The Morgan fingerprint density at radius 2 is 1.92 bits per heavy atom. The number of ketones is 1. The van der Waals surface area contributed by atoms with Gasteiger partial charge in [-0.05, 0) is 38.8 Å². The molecule has 0 aliphatic rings. The third-order valence-electron chi connectivity index (χ3n) is 5.93. The number of carbonyl (C=O) groups is 2. The van der Waals surface area contributed by atoms with Crippen molar-refractivity contribution in [2.45, 2.75) is 45.9 Å². The fourth-order valence-electron chi connectivity index (χ4n) is 3.94. The Bertz CT molecular complexity index is 1550. The molecule has 0 unspecified atom stereocenters. The van der Waals surface area contributed by atoms with Crippen LogP contribution in [0.1, 0.15) is 38.0 Å². The molecule has 0 fully saturated rings. The zero-order valence-corrected chi connectivity index (χ0v) is 21.0. The zero-order chi connectivity index (χ0) is 26.2. The lowest BCUT2D eigenvalue weighted by atomic mass is 10.1. The molecule has 36 heavy (non-hydrogen) atoms. The molecule has 3 heterocycles. The molecule has 11 heteroatoms. The van der Waals surface area contributed by atoms with Crippen LogP contribution in [0, 0.1) is 6.92 Å². The van der Waals surface area contributed by atoms with E-state index in [0.29, 0.717) is 15.3 Å². The molecule has 0 aliphatic carbocycles. The Balaban J connectivity index is 2.02. The summed E-state index contributed by atoms with van der Waals surface area (Å²) >= 11 is 1.15. The molecule has 0 spiro atoms. The van der Waals surface area contributed by atoms with Gasteiger partial charge in [0, 0.05) is 0 Å². The standard InChI is InChI=1S/C25H25N3O7S/c1-14(29)13-35-17(16-8-6-5-7-9-16)12-27-22-18(15(2)19(36-22)20-26-10-11-34-20)21(30)28(24(27)33)25(3,4)23(31)32/h5-11,17H,12-13H2,1-4H3,(H,31,32)/t17-/m1/s1. The van der Waals surface area contributed by atoms with Crippen molar-refractivity contribution >= 4 is 33.3 Å². The first-order chi connectivity index (χ1) is 17.0. The number of aromatic nitrogens is 3. The maximum atomic E-state index is 13.8. The number of carbonyl (C=O) groups excluding carboxylic acids is 1. The number of aryl methyl sites for hydroxylation is 1. The van der Waals surface area contributed by atoms with Crippen LogP contribution in [0.25, 0.3) is 21.0 Å². The van der Waals surface area contributed by atoms with Crippen molar-refractivity contribution in [2.75, 3.05) is 6.61 Å². The number of carboxylic acids is 1. The van der Waals surface area contributed by atoms with Crippen LogP contribution in [-0.4, -0.2) is 37.6 Å². The Morgan fingerprint density at radius 3 is 2.50 bits per heavy atom. The van der Waals surface area contributed by atoms with Crippen molar-refractivity contribution in [3.8, 4) is 10.8 Å². The fourth-order valence-corrected chi connectivity index (χ4v) is 5.18. The summed E-state index contributed by atoms with van der Waals surface area (Å²) in [5.74, 6) is -1.24. The third kappa shape index (κ3) is 4.42. The first-order valence-electron chi connectivity index (χ1n) is 11.1. The number of nitrogens with zero attached hydrogens (tertiary/aromatic N) is 3. The Hall–Kier alpha value is -3.83. The lowest BCUT2D eigenvalue weighted by Gasteiger charge is -2.25. The van der Waals surface area contributed by atoms with Crippen LogP contribution in [-0.2, 0) is 26.4 Å². The van der Waals surface area contributed by atoms with Gasteiger partial charge < -0.3 is 14.3 Å². The molecule has 188 valence electrons. The number of rotatable bonds is 9. The van der Waals surface area contributed by atoms with Crippen molar-refractivity contribution in [3.05, 3.63) is 74.8 Å². The highest BCUT2D eigenvalue weighted by Gasteiger charge is 2.36. The number of thiophene rings is 1. The predicted octanol–water partition coefficient (Wildman–Crippen LogP) is 3.35. The number of Topliss-reactive ketones (excluding diaryl/α,β-unsaturated/α-hetero) is 1. The highest BCUT2D eigenvalue weighted by molar-refractivity contribution is 7.22. The summed E-state index contributed by atoms with van der Waals surface area (Å²) in [6, 6.07) is 9.06. The van der Waals surface area contributed by atoms with E-state index in [1.807, 2.05) is 30.3 Å². The molecule has 0 amide bonds. The van der Waals surface area contributed by atoms with Crippen molar-refractivity contribution in [1.29, 1.82) is 0 Å². The monoisotopic (exact) mass is 511 g/mol. The van der Waals surface area contributed by atoms with E-state index >= 15 is 0 Å². The highest BCUT2D eigenvalue weighted by atomic mass is 32.1. The average molecular weight is 512 g/mol. The number of fused-ring (bicyclic) bond motifs is 1. The predicted molar refractivity (Wildman–Crippen MR) is 133 cm³/mol. The molecular formula is C25H25N3O7S. The summed E-state index contributed by atoms with van der Waals surface area (Å²) in [6.07, 6.45) is 2.15. The van der Waals surface area contributed by atoms with Crippen LogP contribution in [0.5, 0.6) is 0 Å². The molecule has 3 aromatic heterocycles. The number of benzene rings is 1. The molecular weight excluding hydrogens is 486 g/mol. The second-order valence-electron chi connectivity index (χ2n) is 8.88. The van der Waals surface area contributed by atoms with Gasteiger partial charge in [-0.25, -0.2) is 19.1 Å². The Morgan fingerprint density at radius 1 is 1.22 bits per heavy atom. The molecule has 1 aromatic carbocycles. The smallest absolute Gasteiger partial charge is 0.333 e. The summed E-state index contributed by atoms with van der Waals surface area (Å²) in [6.45, 7) is 5.45. The largest absolute Gasteiger partial charge is 0.480 e. The number of ether oxygens (including phenoxy) is 1. The second kappa shape index (κ2) is 9.67. The normalized spacial score (nSPS) is 12.7. The van der Waals surface area contributed by atoms with E-state index in [1.165, 1.54) is 37.8 Å². The lowest BCUT2D eigenvalue weighted by molar-refractivity contribution is -0.146. The minimum atomic E-state index is -1.83. The summed E-state index contributed by atoms with van der Waals surface area (Å²) < 4.78 is 13.4. The van der Waals surface area contributed by atoms with Gasteiger partial charge in [0.15, 0.2) is 5.78 Å². The Kier molecular flexibility index (Phi) is 6.79. The molecule has 0 saturated heterocycles. The molecule has 4 aromatic rings. The molecule has 0 bridgehead atoms. The number of oxazole rings is 1. The average Bonchev–Trinajstić information content (AvgIpc) is 3.47. The van der Waals surface area contributed by atoms with Crippen molar-refractivity contribution < 1.29 is 23.8 Å². The fraction of sp³-hybridized carbons (Fsp3) is 0.320. The second-order valence-corrected chi connectivity index (χ2v) is 9.88. The van der Waals surface area contributed by atoms with Crippen LogP contribution in [0.15, 0.2) is 56.8 Å². The van der Waals surface area contributed by atoms with E-state index in [-0.39, 0.29) is 30.2 Å². The van der Waals surface area contributed by atoms with Gasteiger partial charge >= 0.3 is 11.7 Å². The van der Waals surface area contributed by atoms with Crippen molar-refractivity contribution in [1.82, 2.24) is 14.1 Å². The molecule has 1 atom stereocenters. The third-order valence-corrected chi connectivity index (χ3v) is 7.23. The number of hydrogen-bond donors (Lipinski definition) is 1. The van der Waals surface area contributed by atoms with Gasteiger partial charge in [-0.3, -0.25) is 14.2 Å². The molecule has 10 nitrogen and oxygen atoms in total. The van der Waals surface area contributed by atoms with E-state index in [2.05, 4.69) is 4.98 Å². The van der Waals surface area contributed by atoms with E-state index in [0.717, 1.165) is 21.5 Å². The van der Waals surface area contributed by atoms with Crippen molar-refractivity contribution in [3.63, 3.8) is 0 Å². The van der Waals surface area contributed by atoms with Gasteiger partial charge in [-0.15, -0.1) is 11.3 Å². The zero-order valence-electron chi connectivity index (χ0n) is 20.2. The van der Waals surface area contributed by atoms with Crippen LogP contribution in [0.4, 0.5) is 0 Å². The van der Waals surface area contributed by atoms with Crippen LogP contribution >= 0.6 is 11.3 Å². The highest BCUT2D eigenvalue weighted by Crippen LogP contribution is 2.36. The van der Waals surface area contributed by atoms with E-state index in [1.54, 1.807) is 6.92 Å². The Labute approximate surface area is 209 Å². The van der Waals surface area contributed by atoms with Gasteiger partial charge in [0.2, 0.25) is 5.89 Å². The lowest BCUT2D eigenvalue weighted by Crippen LogP contribution is -2.52. The van der Waals surface area contributed by atoms with E-state index in [4.69, 9.17) is 9.15 Å². The van der Waals surface area contributed by atoms with Gasteiger partial charge in [0.1, 0.15) is 29.3 Å². The number of hydrogen-bond acceptors (Lipinski definition) is 8. The van der Waals surface area contributed by atoms with E-state index in [9.17, 15) is 24.3 Å². The van der Waals surface area contributed by atoms with Gasteiger partial charge in [-0.2, -0.15) is 0 Å². The summed E-state index contributed by atoms with van der Waals surface area (Å²) in [4.78, 5) is 56.2. The molecule has 1 N–H and O–H groups in total. The number of carboxylic acid groups (broad SMARTS) is 1. The first kappa shape index (κ1) is 25.3. The topological polar surface area (TPSA) is 134 Å². The minimum Gasteiger partial charge on any atom is -0.480 e. The minimum absolute atomic E-state index is 0.0619. The summed E-state index contributed by atoms with van der Waals surface area (Å²) in [5.41, 5.74) is -2.11. The maximum Gasteiger partial charge on any atom is 0.333 e. The molecule has 0 saturated carbocycles. The van der Waals surface area contributed by atoms with Crippen LogP contribution in [0.2, 0.25) is 0 Å². The summed E-state index contributed by atoms with van der Waals surface area (Å²) in [7, 11) is 0. The van der Waals surface area contributed by atoms with Crippen LogP contribution in [0.3, 0.4) is 0 Å². The summed E-state index contributed by atoms with van der Waals surface area (Å²) in [5, 5.41) is 10.0. The number of aliphatic carboxylic acids is 1. The first-order valence-corrected chi connectivity index (χ1v) is 11.9. The molecule has 0 radical (unpaired) electrons. The molecule has 4 rings (SSSR count). The SMILES string of the molecule is CC(=O)CO[C@H](Cn1c(=O)n(C(C)(C)C(=O)O)c(=O)c2c(C)c(-c3ncco3)sc21)c1ccccc1. The van der Waals surface area contributed by atoms with Gasteiger partial charge in [-0.1, -0.05) is 30.3 Å². The van der Waals surface area contributed by atoms with Gasteiger partial charge in [0.05, 0.1) is 23.0 Å². The van der Waals surface area contributed by atoms with Crippen LogP contribution < -0.4 is 11.2 Å². The van der Waals surface area contributed by atoms with Crippen molar-refractivity contribution in [2.24, 2.45) is 0 Å². The molecule has 0 aliphatic heterocycles. The van der Waals surface area contributed by atoms with E-state index < -0.39 is 28.9 Å². The quantitative estimate of drug-likeness (QED) is 0.362.